The summed E-state index contributed by atoms with van der Waals surface area (Å²) >= 11 is 0. The summed E-state index contributed by atoms with van der Waals surface area (Å²) in [7, 11) is 0. The van der Waals surface area contributed by atoms with Crippen molar-refractivity contribution in [1.82, 2.24) is 9.78 Å². The van der Waals surface area contributed by atoms with Gasteiger partial charge in [0.25, 0.3) is 0 Å². The van der Waals surface area contributed by atoms with Crippen LogP contribution in [0.4, 0.5) is 0 Å². The minimum absolute atomic E-state index is 0.875. The van der Waals surface area contributed by atoms with Gasteiger partial charge in [-0.1, -0.05) is 30.2 Å². The summed E-state index contributed by atoms with van der Waals surface area (Å²) in [6, 6.07) is 1.94. The Morgan fingerprint density at radius 3 is 2.57 bits per heavy atom. The van der Waals surface area contributed by atoms with Crippen LogP contribution in [0.15, 0.2) is 41.8 Å². The monoisotopic (exact) mass is 190 g/mol. The predicted octanol–water partition coefficient (Wildman–Crippen LogP) is 3.19. The van der Waals surface area contributed by atoms with Crippen molar-refractivity contribution >= 4 is 0 Å². The largest absolute Gasteiger partial charge is 0.269 e. The van der Waals surface area contributed by atoms with Crippen LogP contribution in [0.3, 0.4) is 0 Å². The van der Waals surface area contributed by atoms with Gasteiger partial charge in [0.15, 0.2) is 0 Å². The molecule has 0 unspecified atom stereocenters. The first-order valence-electron chi connectivity index (χ1n) is 5.02. The molecule has 0 amide bonds. The molecule has 1 aromatic heterocycles. The van der Waals surface area contributed by atoms with Crippen LogP contribution in [0.1, 0.15) is 27.2 Å². The van der Waals surface area contributed by atoms with E-state index in [-0.39, 0.29) is 0 Å². The lowest BCUT2D eigenvalue weighted by Gasteiger charge is -2.00. The summed E-state index contributed by atoms with van der Waals surface area (Å²) in [5.41, 5.74) is 2.73. The van der Waals surface area contributed by atoms with Gasteiger partial charge in [-0.2, -0.15) is 5.10 Å². The normalized spacial score (nSPS) is 13.4. The molecule has 0 saturated heterocycles. The van der Waals surface area contributed by atoms with Gasteiger partial charge in [-0.05, 0) is 26.3 Å². The van der Waals surface area contributed by atoms with Gasteiger partial charge in [0.05, 0.1) is 6.54 Å². The SMILES string of the molecule is CC/C(C)=C/C=C(\C)Cn1cccn1. The van der Waals surface area contributed by atoms with E-state index in [2.05, 4.69) is 38.0 Å². The molecule has 0 spiro atoms. The second kappa shape index (κ2) is 5.43. The molecule has 1 rings (SSSR count). The van der Waals surface area contributed by atoms with Crippen LogP contribution in [0.2, 0.25) is 0 Å². The molecule has 2 nitrogen and oxygen atoms in total. The second-order valence-corrected chi connectivity index (χ2v) is 3.58. The van der Waals surface area contributed by atoms with Crippen LogP contribution in [0.5, 0.6) is 0 Å². The van der Waals surface area contributed by atoms with Crippen LogP contribution in [0.25, 0.3) is 0 Å². The third kappa shape index (κ3) is 3.60. The highest BCUT2D eigenvalue weighted by Gasteiger charge is 1.91. The molecule has 0 fully saturated rings. The van der Waals surface area contributed by atoms with E-state index in [1.54, 1.807) is 6.20 Å². The molecule has 0 bridgehead atoms. The highest BCUT2D eigenvalue weighted by Crippen LogP contribution is 2.02. The Morgan fingerprint density at radius 1 is 1.29 bits per heavy atom. The fraction of sp³-hybridized carbons (Fsp3) is 0.417. The molecule has 76 valence electrons. The molecule has 0 aliphatic heterocycles. The van der Waals surface area contributed by atoms with Crippen molar-refractivity contribution in [3.63, 3.8) is 0 Å². The smallest absolute Gasteiger partial charge is 0.0619 e. The second-order valence-electron chi connectivity index (χ2n) is 3.58. The molecular weight excluding hydrogens is 172 g/mol. The average Bonchev–Trinajstić information content (AvgIpc) is 2.66. The van der Waals surface area contributed by atoms with Gasteiger partial charge in [-0.15, -0.1) is 0 Å². The van der Waals surface area contributed by atoms with Crippen molar-refractivity contribution in [3.05, 3.63) is 41.8 Å². The van der Waals surface area contributed by atoms with E-state index >= 15 is 0 Å². The van der Waals surface area contributed by atoms with Crippen molar-refractivity contribution in [2.24, 2.45) is 0 Å². The fourth-order valence-electron chi connectivity index (χ4n) is 1.10. The van der Waals surface area contributed by atoms with Gasteiger partial charge in [-0.3, -0.25) is 4.68 Å². The quantitative estimate of drug-likeness (QED) is 0.667. The van der Waals surface area contributed by atoms with Crippen LogP contribution >= 0.6 is 0 Å². The maximum atomic E-state index is 4.16. The number of nitrogens with zero attached hydrogens (tertiary/aromatic N) is 2. The summed E-state index contributed by atoms with van der Waals surface area (Å²) in [5.74, 6) is 0. The zero-order valence-corrected chi connectivity index (χ0v) is 9.20. The molecule has 1 aromatic rings. The number of rotatable bonds is 4. The fourth-order valence-corrected chi connectivity index (χ4v) is 1.10. The molecule has 1 heterocycles. The van der Waals surface area contributed by atoms with Crippen LogP contribution in [-0.4, -0.2) is 9.78 Å². The average molecular weight is 190 g/mol. The molecule has 14 heavy (non-hydrogen) atoms. The Hall–Kier alpha value is -1.31. The van der Waals surface area contributed by atoms with Crippen LogP contribution < -0.4 is 0 Å². The molecule has 0 N–H and O–H groups in total. The van der Waals surface area contributed by atoms with E-state index in [0.717, 1.165) is 13.0 Å². The Bertz CT molecular complexity index is 318. The lowest BCUT2D eigenvalue weighted by molar-refractivity contribution is 0.677. The van der Waals surface area contributed by atoms with Gasteiger partial charge >= 0.3 is 0 Å². The summed E-state index contributed by atoms with van der Waals surface area (Å²) in [4.78, 5) is 0. The van der Waals surface area contributed by atoms with E-state index in [4.69, 9.17) is 0 Å². The minimum atomic E-state index is 0.875. The minimum Gasteiger partial charge on any atom is -0.269 e. The Kier molecular flexibility index (Phi) is 4.17. The zero-order chi connectivity index (χ0) is 10.4. The van der Waals surface area contributed by atoms with Crippen molar-refractivity contribution in [2.75, 3.05) is 0 Å². The Labute approximate surface area is 85.9 Å². The molecule has 0 aliphatic rings. The van der Waals surface area contributed by atoms with Gasteiger partial charge < -0.3 is 0 Å². The Morgan fingerprint density at radius 2 is 2.00 bits per heavy atom. The number of hydrogen-bond acceptors (Lipinski definition) is 1. The van der Waals surface area contributed by atoms with Crippen molar-refractivity contribution in [1.29, 1.82) is 0 Å². The van der Waals surface area contributed by atoms with E-state index in [0.29, 0.717) is 0 Å². The van der Waals surface area contributed by atoms with Crippen LogP contribution in [-0.2, 0) is 6.54 Å². The molecule has 0 aromatic carbocycles. The lowest BCUT2D eigenvalue weighted by atomic mass is 10.2. The molecule has 2 heteroatoms. The first-order chi connectivity index (χ1) is 6.72. The maximum Gasteiger partial charge on any atom is 0.0619 e. The van der Waals surface area contributed by atoms with Crippen molar-refractivity contribution in [2.45, 2.75) is 33.7 Å². The topological polar surface area (TPSA) is 17.8 Å². The van der Waals surface area contributed by atoms with Gasteiger partial charge in [-0.25, -0.2) is 0 Å². The number of allylic oxidation sites excluding steroid dienone is 4. The van der Waals surface area contributed by atoms with Crippen molar-refractivity contribution < 1.29 is 0 Å². The van der Waals surface area contributed by atoms with E-state index < -0.39 is 0 Å². The highest BCUT2D eigenvalue weighted by molar-refractivity contribution is 5.15. The highest BCUT2D eigenvalue weighted by atomic mass is 15.3. The maximum absolute atomic E-state index is 4.16. The van der Waals surface area contributed by atoms with E-state index in [9.17, 15) is 0 Å². The first-order valence-corrected chi connectivity index (χ1v) is 5.02. The zero-order valence-electron chi connectivity index (χ0n) is 9.20. The number of hydrogen-bond donors (Lipinski definition) is 0. The molecule has 0 radical (unpaired) electrons. The summed E-state index contributed by atoms with van der Waals surface area (Å²) < 4.78 is 1.93. The van der Waals surface area contributed by atoms with E-state index in [1.165, 1.54) is 11.1 Å². The molecular formula is C12H18N2. The predicted molar refractivity (Wildman–Crippen MR) is 60.0 cm³/mol. The Balaban J connectivity index is 2.54. The third-order valence-corrected chi connectivity index (χ3v) is 2.18. The molecule has 0 saturated carbocycles. The van der Waals surface area contributed by atoms with Gasteiger partial charge in [0.2, 0.25) is 0 Å². The summed E-state index contributed by atoms with van der Waals surface area (Å²) in [5, 5.41) is 4.16. The standard InChI is InChI=1S/C12H18N2/c1-4-11(2)6-7-12(3)10-14-9-5-8-13-14/h5-9H,4,10H2,1-3H3/b11-6+,12-7+. The molecule has 0 aliphatic carbocycles. The van der Waals surface area contributed by atoms with Crippen LogP contribution in [0, 0.1) is 0 Å². The number of aromatic nitrogens is 2. The first kappa shape index (κ1) is 10.8. The lowest BCUT2D eigenvalue weighted by Crippen LogP contribution is -1.98. The summed E-state index contributed by atoms with van der Waals surface area (Å²) in [6.07, 6.45) is 9.25. The summed E-state index contributed by atoms with van der Waals surface area (Å²) in [6.45, 7) is 7.32. The van der Waals surface area contributed by atoms with Gasteiger partial charge in [0, 0.05) is 12.4 Å². The van der Waals surface area contributed by atoms with E-state index in [1.807, 2.05) is 16.9 Å². The molecule has 0 atom stereocenters. The van der Waals surface area contributed by atoms with Gasteiger partial charge in [0.1, 0.15) is 0 Å². The third-order valence-electron chi connectivity index (χ3n) is 2.18. The van der Waals surface area contributed by atoms with Crippen molar-refractivity contribution in [3.8, 4) is 0 Å².